The number of esters is 1. The van der Waals surface area contributed by atoms with Gasteiger partial charge < -0.3 is 20.1 Å². The van der Waals surface area contributed by atoms with E-state index in [9.17, 15) is 24.9 Å². The van der Waals surface area contributed by atoms with E-state index in [-0.39, 0.29) is 34.8 Å². The van der Waals surface area contributed by atoms with Gasteiger partial charge in [-0.3, -0.25) is 14.8 Å². The molecular formula is C23H19BrN2O6. The van der Waals surface area contributed by atoms with Gasteiger partial charge >= 0.3 is 5.97 Å². The number of ketones is 1. The summed E-state index contributed by atoms with van der Waals surface area (Å²) in [6.45, 7) is -0.696. The SMILES string of the molecule is O=C(Oc1cc(Br)cc(C=NC(Cc2ccc(O)cc2)C(=O)CO)c1O)c1cccnc1. The first-order valence-electron chi connectivity index (χ1n) is 9.46. The van der Waals surface area contributed by atoms with Crippen LogP contribution in [0.4, 0.5) is 0 Å². The van der Waals surface area contributed by atoms with Crippen LogP contribution in [0, 0.1) is 0 Å². The summed E-state index contributed by atoms with van der Waals surface area (Å²) in [7, 11) is 0. The summed E-state index contributed by atoms with van der Waals surface area (Å²) in [5, 5.41) is 29.3. The van der Waals surface area contributed by atoms with Gasteiger partial charge in [0.05, 0.1) is 5.56 Å². The number of ether oxygens (including phenoxy) is 1. The molecule has 2 aromatic carbocycles. The van der Waals surface area contributed by atoms with Crippen molar-refractivity contribution in [2.45, 2.75) is 12.5 Å². The highest BCUT2D eigenvalue weighted by Crippen LogP contribution is 2.33. The summed E-state index contributed by atoms with van der Waals surface area (Å²) in [5.41, 5.74) is 1.15. The Bertz CT molecular complexity index is 1130. The van der Waals surface area contributed by atoms with Crippen LogP contribution >= 0.6 is 15.9 Å². The van der Waals surface area contributed by atoms with E-state index in [1.54, 1.807) is 24.3 Å². The lowest BCUT2D eigenvalue weighted by Crippen LogP contribution is -2.24. The van der Waals surface area contributed by atoms with Crippen molar-refractivity contribution in [1.82, 2.24) is 4.98 Å². The first-order chi connectivity index (χ1) is 15.4. The standard InChI is InChI=1S/C23H19BrN2O6/c24-17-9-16(22(30)21(10-17)32-23(31)15-2-1-7-25-11-15)12-26-19(20(29)13-27)8-14-3-5-18(28)6-4-14/h1-7,9-12,19,27-28,30H,8,13H2. The van der Waals surface area contributed by atoms with E-state index in [0.717, 1.165) is 5.56 Å². The minimum absolute atomic E-state index is 0.0923. The summed E-state index contributed by atoms with van der Waals surface area (Å²) in [6.07, 6.45) is 4.33. The number of carbonyl (C=O) groups excluding carboxylic acids is 2. The van der Waals surface area contributed by atoms with Gasteiger partial charge in [-0.15, -0.1) is 0 Å². The van der Waals surface area contributed by atoms with Gasteiger partial charge in [0.25, 0.3) is 0 Å². The zero-order valence-corrected chi connectivity index (χ0v) is 18.3. The molecule has 3 rings (SSSR count). The first kappa shape index (κ1) is 23.1. The number of halogens is 1. The number of benzene rings is 2. The largest absolute Gasteiger partial charge is 0.508 e. The number of phenols is 2. The molecule has 0 fully saturated rings. The number of aliphatic hydroxyl groups excluding tert-OH is 1. The van der Waals surface area contributed by atoms with Gasteiger partial charge in [0, 0.05) is 35.1 Å². The highest BCUT2D eigenvalue weighted by atomic mass is 79.9. The van der Waals surface area contributed by atoms with Crippen LogP contribution in [0.5, 0.6) is 17.2 Å². The van der Waals surface area contributed by atoms with Crippen molar-refractivity contribution in [3.05, 3.63) is 82.1 Å². The monoisotopic (exact) mass is 498 g/mol. The molecule has 1 atom stereocenters. The van der Waals surface area contributed by atoms with E-state index in [1.165, 1.54) is 42.9 Å². The predicted octanol–water partition coefficient (Wildman–Crippen LogP) is 3.07. The Balaban J connectivity index is 1.84. The zero-order chi connectivity index (χ0) is 23.1. The fraction of sp³-hybridized carbons (Fsp3) is 0.130. The fourth-order valence-corrected chi connectivity index (χ4v) is 3.25. The van der Waals surface area contributed by atoms with Crippen LogP contribution in [0.1, 0.15) is 21.5 Å². The molecule has 3 N–H and O–H groups in total. The summed E-state index contributed by atoms with van der Waals surface area (Å²) in [4.78, 5) is 32.6. The third-order valence-corrected chi connectivity index (χ3v) is 4.91. The molecule has 9 heteroatoms. The van der Waals surface area contributed by atoms with Crippen LogP contribution < -0.4 is 4.74 Å². The van der Waals surface area contributed by atoms with Crippen molar-refractivity contribution in [1.29, 1.82) is 0 Å². The lowest BCUT2D eigenvalue weighted by Gasteiger charge is -2.12. The number of aromatic nitrogens is 1. The number of carbonyl (C=O) groups is 2. The predicted molar refractivity (Wildman–Crippen MR) is 120 cm³/mol. The molecule has 0 spiro atoms. The van der Waals surface area contributed by atoms with E-state index in [4.69, 9.17) is 4.74 Å². The maximum absolute atomic E-state index is 12.3. The van der Waals surface area contributed by atoms with Crippen molar-refractivity contribution in [3.8, 4) is 17.2 Å². The van der Waals surface area contributed by atoms with Crippen molar-refractivity contribution >= 4 is 33.9 Å². The fourth-order valence-electron chi connectivity index (χ4n) is 2.79. The van der Waals surface area contributed by atoms with Gasteiger partial charge in [-0.2, -0.15) is 0 Å². The molecule has 1 heterocycles. The summed E-state index contributed by atoms with van der Waals surface area (Å²) in [5.74, 6) is -1.55. The number of aliphatic imine (C=N–C) groups is 1. The van der Waals surface area contributed by atoms with Crippen molar-refractivity contribution in [2.24, 2.45) is 4.99 Å². The highest BCUT2D eigenvalue weighted by Gasteiger charge is 2.18. The second-order valence-corrected chi connectivity index (χ2v) is 7.68. The minimum atomic E-state index is -0.913. The van der Waals surface area contributed by atoms with Crippen LogP contribution in [0.25, 0.3) is 0 Å². The van der Waals surface area contributed by atoms with Gasteiger partial charge in [-0.25, -0.2) is 4.79 Å². The highest BCUT2D eigenvalue weighted by molar-refractivity contribution is 9.10. The van der Waals surface area contributed by atoms with Crippen LogP contribution in [-0.2, 0) is 11.2 Å². The van der Waals surface area contributed by atoms with Crippen LogP contribution in [0.3, 0.4) is 0 Å². The Morgan fingerprint density at radius 3 is 2.56 bits per heavy atom. The van der Waals surface area contributed by atoms with Gasteiger partial charge in [-0.05, 0) is 42.0 Å². The normalized spacial score (nSPS) is 11.9. The number of Topliss-reactive ketones (excluding diaryl/α,β-unsaturated/α-hetero) is 1. The Labute approximate surface area is 192 Å². The molecule has 0 aliphatic rings. The number of phenolic OH excluding ortho intramolecular Hbond substituents is 2. The number of aromatic hydroxyl groups is 2. The third-order valence-electron chi connectivity index (χ3n) is 4.46. The quantitative estimate of drug-likeness (QED) is 0.247. The van der Waals surface area contributed by atoms with Crippen LogP contribution in [0.15, 0.2) is 70.4 Å². The molecule has 0 saturated carbocycles. The van der Waals surface area contributed by atoms with E-state index in [2.05, 4.69) is 25.9 Å². The number of rotatable bonds is 8. The molecule has 8 nitrogen and oxygen atoms in total. The molecule has 1 unspecified atom stereocenters. The second kappa shape index (κ2) is 10.7. The average molecular weight is 499 g/mol. The Morgan fingerprint density at radius 1 is 1.16 bits per heavy atom. The minimum Gasteiger partial charge on any atom is -0.508 e. The first-order valence-corrected chi connectivity index (χ1v) is 10.3. The Hall–Kier alpha value is -3.56. The number of pyridine rings is 1. The molecule has 0 aliphatic heterocycles. The van der Waals surface area contributed by atoms with Gasteiger partial charge in [0.1, 0.15) is 18.4 Å². The lowest BCUT2D eigenvalue weighted by atomic mass is 10.0. The topological polar surface area (TPSA) is 129 Å². The molecule has 164 valence electrons. The van der Waals surface area contributed by atoms with Crippen LogP contribution in [0.2, 0.25) is 0 Å². The molecule has 0 radical (unpaired) electrons. The third kappa shape index (κ3) is 5.99. The maximum atomic E-state index is 12.3. The van der Waals surface area contributed by atoms with Gasteiger partial charge in [0.15, 0.2) is 17.3 Å². The molecule has 1 aromatic heterocycles. The Morgan fingerprint density at radius 2 is 1.91 bits per heavy atom. The molecule has 0 bridgehead atoms. The summed E-state index contributed by atoms with van der Waals surface area (Å²) >= 11 is 3.30. The second-order valence-electron chi connectivity index (χ2n) is 6.76. The van der Waals surface area contributed by atoms with Gasteiger partial charge in [-0.1, -0.05) is 28.1 Å². The Kier molecular flexibility index (Phi) is 7.69. The zero-order valence-electron chi connectivity index (χ0n) is 16.7. The summed E-state index contributed by atoms with van der Waals surface area (Å²) < 4.78 is 5.79. The van der Waals surface area contributed by atoms with Gasteiger partial charge in [0.2, 0.25) is 0 Å². The number of hydrogen-bond donors (Lipinski definition) is 3. The molecule has 32 heavy (non-hydrogen) atoms. The number of nitrogens with zero attached hydrogens (tertiary/aromatic N) is 2. The molecule has 0 amide bonds. The smallest absolute Gasteiger partial charge is 0.345 e. The number of aliphatic hydroxyl groups is 1. The molecule has 3 aromatic rings. The van der Waals surface area contributed by atoms with E-state index < -0.39 is 24.4 Å². The molecular weight excluding hydrogens is 480 g/mol. The van der Waals surface area contributed by atoms with E-state index in [1.807, 2.05) is 0 Å². The number of hydrogen-bond acceptors (Lipinski definition) is 8. The van der Waals surface area contributed by atoms with E-state index >= 15 is 0 Å². The van der Waals surface area contributed by atoms with Crippen molar-refractivity contribution < 1.29 is 29.6 Å². The van der Waals surface area contributed by atoms with Crippen molar-refractivity contribution in [3.63, 3.8) is 0 Å². The maximum Gasteiger partial charge on any atom is 0.345 e. The summed E-state index contributed by atoms with van der Waals surface area (Å²) in [6, 6.07) is 11.4. The van der Waals surface area contributed by atoms with E-state index in [0.29, 0.717) is 4.47 Å². The molecule has 0 aliphatic carbocycles. The van der Waals surface area contributed by atoms with Crippen molar-refractivity contribution in [2.75, 3.05) is 6.61 Å². The average Bonchev–Trinajstić information content (AvgIpc) is 2.80. The lowest BCUT2D eigenvalue weighted by molar-refractivity contribution is -0.122. The van der Waals surface area contributed by atoms with Crippen LogP contribution in [-0.4, -0.2) is 50.9 Å². The molecule has 0 saturated heterocycles.